The molecule has 4 nitrogen and oxygen atoms in total. The lowest BCUT2D eigenvalue weighted by molar-refractivity contribution is -0.132. The summed E-state index contributed by atoms with van der Waals surface area (Å²) in [4.78, 5) is 13.2. The van der Waals surface area contributed by atoms with Crippen molar-refractivity contribution >= 4 is 16.9 Å². The van der Waals surface area contributed by atoms with Crippen LogP contribution in [-0.4, -0.2) is 30.4 Å². The van der Waals surface area contributed by atoms with Gasteiger partial charge in [-0.2, -0.15) is 0 Å². The Labute approximate surface area is 112 Å². The predicted octanol–water partition coefficient (Wildman–Crippen LogP) is 2.14. The lowest BCUT2D eigenvalue weighted by atomic mass is 10.1. The molecule has 1 unspecified atom stereocenters. The van der Waals surface area contributed by atoms with E-state index in [0.717, 1.165) is 30.5 Å². The Morgan fingerprint density at radius 3 is 3.11 bits per heavy atom. The summed E-state index contributed by atoms with van der Waals surface area (Å²) in [6.45, 7) is 1.57. The van der Waals surface area contributed by atoms with Crippen molar-refractivity contribution in [2.45, 2.75) is 25.4 Å². The van der Waals surface area contributed by atoms with Crippen LogP contribution >= 0.6 is 0 Å². The molecule has 1 fully saturated rings. The summed E-state index contributed by atoms with van der Waals surface area (Å²) in [6, 6.07) is 8.42. The molecule has 100 valence electrons. The van der Waals surface area contributed by atoms with Gasteiger partial charge in [-0.25, -0.2) is 0 Å². The summed E-state index contributed by atoms with van der Waals surface area (Å²) in [5.74, 6) is 0.242. The molecular weight excluding hydrogens is 240 g/mol. The van der Waals surface area contributed by atoms with E-state index in [9.17, 15) is 4.79 Å². The number of amides is 1. The van der Waals surface area contributed by atoms with Gasteiger partial charge in [-0.3, -0.25) is 4.79 Å². The Balaban J connectivity index is 1.65. The first kappa shape index (κ1) is 12.2. The van der Waals surface area contributed by atoms with Gasteiger partial charge in [0.1, 0.15) is 5.58 Å². The molecule has 0 spiro atoms. The Bertz CT molecular complexity index is 591. The number of benzene rings is 1. The molecule has 1 N–H and O–H groups in total. The Hall–Kier alpha value is -1.81. The van der Waals surface area contributed by atoms with Gasteiger partial charge in [0.15, 0.2) is 0 Å². The first-order chi connectivity index (χ1) is 9.24. The third-order valence-electron chi connectivity index (χ3n) is 3.77. The predicted molar refractivity (Wildman–Crippen MR) is 73.7 cm³/mol. The maximum absolute atomic E-state index is 11.4. The Morgan fingerprint density at radius 1 is 1.42 bits per heavy atom. The molecule has 1 aliphatic rings. The van der Waals surface area contributed by atoms with E-state index in [1.165, 1.54) is 5.56 Å². The van der Waals surface area contributed by atoms with Crippen LogP contribution in [0.3, 0.4) is 0 Å². The Morgan fingerprint density at radius 2 is 2.26 bits per heavy atom. The minimum atomic E-state index is 0.242. The number of piperidine rings is 1. The summed E-state index contributed by atoms with van der Waals surface area (Å²) in [6.07, 6.45) is 3.37. The minimum absolute atomic E-state index is 0.242. The second-order valence-corrected chi connectivity index (χ2v) is 5.15. The highest BCUT2D eigenvalue weighted by molar-refractivity contribution is 5.80. The fourth-order valence-corrected chi connectivity index (χ4v) is 2.60. The number of carbonyl (C=O) groups excluding carboxylic acids is 1. The summed E-state index contributed by atoms with van der Waals surface area (Å²) < 4.78 is 5.52. The molecule has 1 saturated heterocycles. The molecule has 0 saturated carbocycles. The van der Waals surface area contributed by atoms with Crippen molar-refractivity contribution in [2.75, 3.05) is 13.6 Å². The van der Waals surface area contributed by atoms with Crippen molar-refractivity contribution in [3.8, 4) is 0 Å². The highest BCUT2D eigenvalue weighted by atomic mass is 16.3. The lowest BCUT2D eigenvalue weighted by Gasteiger charge is -2.30. The zero-order chi connectivity index (χ0) is 13.2. The van der Waals surface area contributed by atoms with Gasteiger partial charge in [-0.1, -0.05) is 18.2 Å². The third kappa shape index (κ3) is 2.49. The van der Waals surface area contributed by atoms with Crippen LogP contribution < -0.4 is 5.32 Å². The molecule has 0 radical (unpaired) electrons. The number of nitrogens with zero attached hydrogens (tertiary/aromatic N) is 1. The standard InChI is InChI=1S/C15H18N2O2/c1-17-9-12(6-7-15(17)18)16-8-11-10-19-14-5-3-2-4-13(11)14/h2-5,10,12,16H,6-9H2,1H3. The molecule has 0 aliphatic carbocycles. The molecule has 4 heteroatoms. The number of rotatable bonds is 3. The maximum atomic E-state index is 11.4. The van der Waals surface area contributed by atoms with E-state index in [1.54, 1.807) is 4.90 Å². The number of nitrogens with one attached hydrogen (secondary N) is 1. The first-order valence-corrected chi connectivity index (χ1v) is 6.66. The zero-order valence-corrected chi connectivity index (χ0v) is 11.1. The van der Waals surface area contributed by atoms with Gasteiger partial charge in [-0.15, -0.1) is 0 Å². The highest BCUT2D eigenvalue weighted by Gasteiger charge is 2.22. The molecule has 19 heavy (non-hydrogen) atoms. The number of hydrogen-bond acceptors (Lipinski definition) is 3. The fraction of sp³-hybridized carbons (Fsp3) is 0.400. The van der Waals surface area contributed by atoms with Crippen LogP contribution in [0.2, 0.25) is 0 Å². The normalized spacial score (nSPS) is 20.2. The van der Waals surface area contributed by atoms with Gasteiger partial charge in [0, 0.05) is 43.5 Å². The monoisotopic (exact) mass is 258 g/mol. The van der Waals surface area contributed by atoms with Gasteiger partial charge in [-0.05, 0) is 12.5 Å². The second kappa shape index (κ2) is 5.05. The summed E-state index contributed by atoms with van der Waals surface area (Å²) in [5.41, 5.74) is 2.10. The number of para-hydroxylation sites is 1. The highest BCUT2D eigenvalue weighted by Crippen LogP contribution is 2.21. The molecule has 1 aromatic carbocycles. The lowest BCUT2D eigenvalue weighted by Crippen LogP contribution is -2.46. The van der Waals surface area contributed by atoms with Crippen LogP contribution in [0.4, 0.5) is 0 Å². The SMILES string of the molecule is CN1CC(NCc2coc3ccccc23)CCC1=O. The van der Waals surface area contributed by atoms with E-state index in [2.05, 4.69) is 11.4 Å². The van der Waals surface area contributed by atoms with Crippen molar-refractivity contribution in [1.29, 1.82) is 0 Å². The number of carbonyl (C=O) groups is 1. The van der Waals surface area contributed by atoms with Gasteiger partial charge in [0.25, 0.3) is 0 Å². The van der Waals surface area contributed by atoms with E-state index in [4.69, 9.17) is 4.42 Å². The average molecular weight is 258 g/mol. The van der Waals surface area contributed by atoms with Crippen molar-refractivity contribution in [2.24, 2.45) is 0 Å². The zero-order valence-electron chi connectivity index (χ0n) is 11.1. The summed E-state index contributed by atoms with van der Waals surface area (Å²) >= 11 is 0. The van der Waals surface area contributed by atoms with E-state index in [1.807, 2.05) is 31.5 Å². The minimum Gasteiger partial charge on any atom is -0.464 e. The molecule has 1 amide bonds. The van der Waals surface area contributed by atoms with Crippen LogP contribution in [0, 0.1) is 0 Å². The van der Waals surface area contributed by atoms with Crippen LogP contribution in [0.5, 0.6) is 0 Å². The molecule has 0 bridgehead atoms. The molecule has 3 rings (SSSR count). The number of hydrogen-bond donors (Lipinski definition) is 1. The van der Waals surface area contributed by atoms with Crippen LogP contribution in [0.1, 0.15) is 18.4 Å². The fourth-order valence-electron chi connectivity index (χ4n) is 2.60. The van der Waals surface area contributed by atoms with Crippen LogP contribution in [-0.2, 0) is 11.3 Å². The molecular formula is C15H18N2O2. The molecule has 2 heterocycles. The van der Waals surface area contributed by atoms with Crippen LogP contribution in [0.15, 0.2) is 34.9 Å². The van der Waals surface area contributed by atoms with Gasteiger partial charge in [0.05, 0.1) is 6.26 Å². The maximum Gasteiger partial charge on any atom is 0.222 e. The largest absolute Gasteiger partial charge is 0.464 e. The molecule has 1 aliphatic heterocycles. The number of likely N-dealkylation sites (tertiary alicyclic amines) is 1. The molecule has 2 aromatic rings. The number of fused-ring (bicyclic) bond motifs is 1. The molecule has 1 atom stereocenters. The third-order valence-corrected chi connectivity index (χ3v) is 3.77. The van der Waals surface area contributed by atoms with Crippen LogP contribution in [0.25, 0.3) is 11.0 Å². The summed E-state index contributed by atoms with van der Waals surface area (Å²) in [5, 5.41) is 4.68. The van der Waals surface area contributed by atoms with Crippen molar-refractivity contribution in [3.05, 3.63) is 36.1 Å². The van der Waals surface area contributed by atoms with Gasteiger partial charge >= 0.3 is 0 Å². The quantitative estimate of drug-likeness (QED) is 0.917. The molecule has 1 aromatic heterocycles. The van der Waals surface area contributed by atoms with Gasteiger partial charge in [0.2, 0.25) is 5.91 Å². The van der Waals surface area contributed by atoms with Crippen molar-refractivity contribution in [3.63, 3.8) is 0 Å². The topological polar surface area (TPSA) is 45.5 Å². The summed E-state index contributed by atoms with van der Waals surface area (Å²) in [7, 11) is 1.86. The van der Waals surface area contributed by atoms with Crippen molar-refractivity contribution in [1.82, 2.24) is 10.2 Å². The number of likely N-dealkylation sites (N-methyl/N-ethyl adjacent to an activating group) is 1. The van der Waals surface area contributed by atoms with Gasteiger partial charge < -0.3 is 14.6 Å². The second-order valence-electron chi connectivity index (χ2n) is 5.15. The first-order valence-electron chi connectivity index (χ1n) is 6.66. The number of furan rings is 1. The van der Waals surface area contributed by atoms with E-state index in [0.29, 0.717) is 12.5 Å². The van der Waals surface area contributed by atoms with E-state index >= 15 is 0 Å². The van der Waals surface area contributed by atoms with E-state index < -0.39 is 0 Å². The smallest absolute Gasteiger partial charge is 0.222 e. The van der Waals surface area contributed by atoms with E-state index in [-0.39, 0.29) is 5.91 Å². The average Bonchev–Trinajstić information content (AvgIpc) is 2.83. The Kier molecular flexibility index (Phi) is 3.25. The van der Waals surface area contributed by atoms with Crippen molar-refractivity contribution < 1.29 is 9.21 Å².